The topological polar surface area (TPSA) is 83.1 Å². The van der Waals surface area contributed by atoms with E-state index < -0.39 is 5.97 Å². The molecule has 7 heteroatoms. The highest BCUT2D eigenvalue weighted by molar-refractivity contribution is 5.92. The van der Waals surface area contributed by atoms with Gasteiger partial charge in [0.25, 0.3) is 5.91 Å². The molecule has 0 radical (unpaired) electrons. The van der Waals surface area contributed by atoms with Gasteiger partial charge in [0.05, 0.1) is 21.3 Å². The molecule has 1 amide bonds. The molecule has 0 saturated carbocycles. The molecule has 0 aliphatic heterocycles. The molecule has 0 aliphatic carbocycles. The van der Waals surface area contributed by atoms with Crippen molar-refractivity contribution in [3.8, 4) is 17.2 Å². The lowest BCUT2D eigenvalue weighted by Crippen LogP contribution is -2.30. The molecule has 1 N–H and O–H groups in total. The molecule has 0 fully saturated rings. The summed E-state index contributed by atoms with van der Waals surface area (Å²) in [6.45, 7) is 0.246. The number of methoxy groups -OCH3 is 3. The van der Waals surface area contributed by atoms with E-state index in [1.807, 2.05) is 24.3 Å². The van der Waals surface area contributed by atoms with Crippen LogP contribution in [0.2, 0.25) is 0 Å². The Bertz CT molecular complexity index is 773. The first-order chi connectivity index (χ1) is 13.1. The van der Waals surface area contributed by atoms with Crippen LogP contribution >= 0.6 is 0 Å². The lowest BCUT2D eigenvalue weighted by atomic mass is 10.1. The van der Waals surface area contributed by atoms with Gasteiger partial charge in [-0.15, -0.1) is 0 Å². The molecule has 0 unspecified atom stereocenters. The fourth-order valence-electron chi connectivity index (χ4n) is 2.36. The van der Waals surface area contributed by atoms with Crippen LogP contribution in [-0.2, 0) is 16.0 Å². The highest BCUT2D eigenvalue weighted by atomic mass is 16.5. The van der Waals surface area contributed by atoms with Gasteiger partial charge in [-0.05, 0) is 36.2 Å². The first-order valence-corrected chi connectivity index (χ1v) is 8.36. The van der Waals surface area contributed by atoms with Crippen molar-refractivity contribution in [2.24, 2.45) is 0 Å². The summed E-state index contributed by atoms with van der Waals surface area (Å²) >= 11 is 0. The molecule has 0 bridgehead atoms. The van der Waals surface area contributed by atoms with Crippen molar-refractivity contribution in [3.05, 3.63) is 53.6 Å². The zero-order chi connectivity index (χ0) is 19.6. The van der Waals surface area contributed by atoms with Gasteiger partial charge in [-0.2, -0.15) is 0 Å². The predicted octanol–water partition coefficient (Wildman–Crippen LogP) is 2.23. The third kappa shape index (κ3) is 5.91. The Balaban J connectivity index is 1.86. The molecule has 0 saturated heterocycles. The molecule has 2 aromatic carbocycles. The predicted molar refractivity (Wildman–Crippen MR) is 99.5 cm³/mol. The van der Waals surface area contributed by atoms with Crippen LogP contribution in [0.5, 0.6) is 17.2 Å². The minimum Gasteiger partial charge on any atom is -0.497 e. The fourth-order valence-corrected chi connectivity index (χ4v) is 2.36. The van der Waals surface area contributed by atoms with Gasteiger partial charge >= 0.3 is 5.97 Å². The summed E-state index contributed by atoms with van der Waals surface area (Å²) in [5.41, 5.74) is 1.31. The van der Waals surface area contributed by atoms with Crippen LogP contribution in [0.15, 0.2) is 42.5 Å². The SMILES string of the molecule is COC(=O)c1ccc(OC)cc1OCC(=O)NCCc1ccc(OC)cc1. The Kier molecular flexibility index (Phi) is 7.49. The van der Waals surface area contributed by atoms with E-state index in [0.717, 1.165) is 11.3 Å². The van der Waals surface area contributed by atoms with E-state index in [1.165, 1.54) is 26.4 Å². The maximum atomic E-state index is 12.0. The molecule has 2 aromatic rings. The first-order valence-electron chi connectivity index (χ1n) is 8.36. The number of benzene rings is 2. The van der Waals surface area contributed by atoms with Crippen LogP contribution in [0, 0.1) is 0 Å². The molecular formula is C20H23NO6. The van der Waals surface area contributed by atoms with Crippen LogP contribution in [0.1, 0.15) is 15.9 Å². The lowest BCUT2D eigenvalue weighted by molar-refractivity contribution is -0.123. The molecule has 0 atom stereocenters. The van der Waals surface area contributed by atoms with Gasteiger partial charge in [0.2, 0.25) is 0 Å². The van der Waals surface area contributed by atoms with Crippen LogP contribution in [0.25, 0.3) is 0 Å². The highest BCUT2D eigenvalue weighted by Crippen LogP contribution is 2.25. The molecule has 0 heterocycles. The van der Waals surface area contributed by atoms with E-state index in [9.17, 15) is 9.59 Å². The monoisotopic (exact) mass is 373 g/mol. The first kappa shape index (κ1) is 20.1. The number of carbonyl (C=O) groups is 2. The Hall–Kier alpha value is -3.22. The van der Waals surface area contributed by atoms with Crippen molar-refractivity contribution >= 4 is 11.9 Å². The van der Waals surface area contributed by atoms with Crippen LogP contribution in [0.4, 0.5) is 0 Å². The summed E-state index contributed by atoms with van der Waals surface area (Å²) in [7, 11) is 4.40. The van der Waals surface area contributed by atoms with Gasteiger partial charge in [0.15, 0.2) is 6.61 Å². The number of hydrogen-bond donors (Lipinski definition) is 1. The third-order valence-electron chi connectivity index (χ3n) is 3.85. The maximum Gasteiger partial charge on any atom is 0.341 e. The average Bonchev–Trinajstić information content (AvgIpc) is 2.71. The van der Waals surface area contributed by atoms with E-state index in [4.69, 9.17) is 18.9 Å². The normalized spacial score (nSPS) is 10.0. The number of carbonyl (C=O) groups excluding carboxylic acids is 2. The Labute approximate surface area is 158 Å². The second-order valence-electron chi connectivity index (χ2n) is 5.59. The summed E-state index contributed by atoms with van der Waals surface area (Å²) in [4.78, 5) is 23.8. The van der Waals surface area contributed by atoms with Gasteiger partial charge in [-0.3, -0.25) is 4.79 Å². The number of esters is 1. The van der Waals surface area contributed by atoms with Crippen molar-refractivity contribution in [1.29, 1.82) is 0 Å². The van der Waals surface area contributed by atoms with Crippen LogP contribution in [-0.4, -0.2) is 46.4 Å². The van der Waals surface area contributed by atoms with E-state index in [1.54, 1.807) is 13.2 Å². The van der Waals surface area contributed by atoms with Crippen molar-refractivity contribution in [3.63, 3.8) is 0 Å². The molecule has 144 valence electrons. The van der Waals surface area contributed by atoms with Crippen molar-refractivity contribution in [1.82, 2.24) is 5.32 Å². The van der Waals surface area contributed by atoms with E-state index in [0.29, 0.717) is 18.7 Å². The Morgan fingerprint density at radius 2 is 1.59 bits per heavy atom. The van der Waals surface area contributed by atoms with Crippen LogP contribution in [0.3, 0.4) is 0 Å². The fraction of sp³-hybridized carbons (Fsp3) is 0.300. The summed E-state index contributed by atoms with van der Waals surface area (Å²) in [6.07, 6.45) is 0.683. The summed E-state index contributed by atoms with van der Waals surface area (Å²) in [5, 5.41) is 2.78. The van der Waals surface area contributed by atoms with Crippen LogP contribution < -0.4 is 19.5 Å². The Morgan fingerprint density at radius 1 is 0.926 bits per heavy atom. The number of rotatable bonds is 9. The van der Waals surface area contributed by atoms with Crippen molar-refractivity contribution in [2.75, 3.05) is 34.5 Å². The van der Waals surface area contributed by atoms with Gasteiger partial charge in [-0.1, -0.05) is 12.1 Å². The number of nitrogens with one attached hydrogen (secondary N) is 1. The zero-order valence-electron chi connectivity index (χ0n) is 15.6. The molecular weight excluding hydrogens is 350 g/mol. The lowest BCUT2D eigenvalue weighted by Gasteiger charge is -2.12. The molecule has 0 aliphatic rings. The third-order valence-corrected chi connectivity index (χ3v) is 3.85. The van der Waals surface area contributed by atoms with Gasteiger partial charge < -0.3 is 24.3 Å². The summed E-state index contributed by atoms with van der Waals surface area (Å²) in [5.74, 6) is 0.690. The Morgan fingerprint density at radius 3 is 2.22 bits per heavy atom. The van der Waals surface area contributed by atoms with E-state index in [2.05, 4.69) is 5.32 Å². The molecule has 2 rings (SSSR count). The van der Waals surface area contributed by atoms with Crippen molar-refractivity contribution < 1.29 is 28.5 Å². The van der Waals surface area contributed by atoms with Gasteiger partial charge in [0.1, 0.15) is 22.8 Å². The molecule has 0 aromatic heterocycles. The molecule has 27 heavy (non-hydrogen) atoms. The highest BCUT2D eigenvalue weighted by Gasteiger charge is 2.15. The summed E-state index contributed by atoms with van der Waals surface area (Å²) in [6, 6.07) is 12.3. The quantitative estimate of drug-likeness (QED) is 0.679. The largest absolute Gasteiger partial charge is 0.497 e. The number of hydrogen-bond acceptors (Lipinski definition) is 6. The number of amides is 1. The van der Waals surface area contributed by atoms with Crippen molar-refractivity contribution in [2.45, 2.75) is 6.42 Å². The standard InChI is InChI=1S/C20H23NO6/c1-24-15-6-4-14(5-7-15)10-11-21-19(22)13-27-18-12-16(25-2)8-9-17(18)20(23)26-3/h4-9,12H,10-11,13H2,1-3H3,(H,21,22). The number of ether oxygens (including phenoxy) is 4. The minimum absolute atomic E-state index is 0.222. The second kappa shape index (κ2) is 10.1. The van der Waals surface area contributed by atoms with Gasteiger partial charge in [0, 0.05) is 12.6 Å². The second-order valence-corrected chi connectivity index (χ2v) is 5.59. The van der Waals surface area contributed by atoms with Gasteiger partial charge in [-0.25, -0.2) is 4.79 Å². The molecule has 7 nitrogen and oxygen atoms in total. The smallest absolute Gasteiger partial charge is 0.341 e. The van der Waals surface area contributed by atoms with E-state index >= 15 is 0 Å². The zero-order valence-corrected chi connectivity index (χ0v) is 15.6. The molecule has 0 spiro atoms. The maximum absolute atomic E-state index is 12.0. The minimum atomic E-state index is -0.549. The van der Waals surface area contributed by atoms with E-state index in [-0.39, 0.29) is 23.8 Å². The summed E-state index contributed by atoms with van der Waals surface area (Å²) < 4.78 is 20.4. The average molecular weight is 373 g/mol.